The van der Waals surface area contributed by atoms with Gasteiger partial charge in [-0.1, -0.05) is 23.7 Å². The largest absolute Gasteiger partial charge is 0.480 e. The van der Waals surface area contributed by atoms with Gasteiger partial charge in [-0.2, -0.15) is 4.72 Å². The van der Waals surface area contributed by atoms with Crippen molar-refractivity contribution in [2.75, 3.05) is 0 Å². The molecule has 2 N–H and O–H groups in total. The number of benzene rings is 2. The molecule has 1 atom stereocenters. The normalized spacial score (nSPS) is 12.5. The van der Waals surface area contributed by atoms with Crippen LogP contribution < -0.4 is 4.72 Å². The van der Waals surface area contributed by atoms with Crippen molar-refractivity contribution in [1.82, 2.24) is 4.72 Å². The lowest BCUT2D eigenvalue weighted by molar-refractivity contribution is -0.384. The number of aliphatic carboxylic acids is 1. The molecule has 0 aliphatic heterocycles. The number of nitrogens with one attached hydrogen (secondary N) is 1. The summed E-state index contributed by atoms with van der Waals surface area (Å²) < 4.78 is 26.7. The molecule has 25 heavy (non-hydrogen) atoms. The number of rotatable bonds is 7. The second kappa shape index (κ2) is 7.60. The lowest BCUT2D eigenvalue weighted by atomic mass is 10.1. The molecule has 2 aromatic rings. The lowest BCUT2D eigenvalue weighted by Crippen LogP contribution is -2.42. The molecule has 132 valence electrons. The van der Waals surface area contributed by atoms with Gasteiger partial charge in [0, 0.05) is 17.2 Å². The maximum atomic E-state index is 12.3. The van der Waals surface area contributed by atoms with Crippen LogP contribution in [0.4, 0.5) is 5.69 Å². The molecular weight excluding hydrogens is 372 g/mol. The summed E-state index contributed by atoms with van der Waals surface area (Å²) in [6, 6.07) is 9.13. The second-order valence-electron chi connectivity index (χ2n) is 5.10. The first-order valence-electron chi connectivity index (χ1n) is 6.93. The number of carboxylic acids is 1. The van der Waals surface area contributed by atoms with Crippen LogP contribution in [0.2, 0.25) is 5.02 Å². The fraction of sp³-hybridized carbons (Fsp3) is 0.133. The van der Waals surface area contributed by atoms with E-state index < -0.39 is 27.0 Å². The molecule has 0 aromatic heterocycles. The average Bonchev–Trinajstić information content (AvgIpc) is 2.54. The van der Waals surface area contributed by atoms with E-state index in [4.69, 9.17) is 11.6 Å². The van der Waals surface area contributed by atoms with Crippen LogP contribution in [0.25, 0.3) is 0 Å². The molecule has 0 bridgehead atoms. The Bertz CT molecular complexity index is 898. The monoisotopic (exact) mass is 384 g/mol. The Morgan fingerprint density at radius 3 is 2.40 bits per heavy atom. The summed E-state index contributed by atoms with van der Waals surface area (Å²) in [5.41, 5.74) is 0.277. The number of hydrogen-bond acceptors (Lipinski definition) is 5. The van der Waals surface area contributed by atoms with Crippen molar-refractivity contribution in [2.45, 2.75) is 17.4 Å². The Morgan fingerprint density at radius 1 is 1.24 bits per heavy atom. The minimum absolute atomic E-state index is 0.109. The van der Waals surface area contributed by atoms with E-state index in [0.717, 1.165) is 24.3 Å². The van der Waals surface area contributed by atoms with Crippen LogP contribution >= 0.6 is 11.6 Å². The Hall–Kier alpha value is -2.49. The van der Waals surface area contributed by atoms with Crippen LogP contribution in [0, 0.1) is 10.1 Å². The van der Waals surface area contributed by atoms with Gasteiger partial charge in [-0.15, -0.1) is 0 Å². The van der Waals surface area contributed by atoms with Gasteiger partial charge in [-0.25, -0.2) is 8.42 Å². The van der Waals surface area contributed by atoms with Crippen LogP contribution in [0.5, 0.6) is 0 Å². The lowest BCUT2D eigenvalue weighted by Gasteiger charge is -2.15. The van der Waals surface area contributed by atoms with Crippen molar-refractivity contribution < 1.29 is 23.2 Å². The Balaban J connectivity index is 2.22. The number of carbonyl (C=O) groups is 1. The molecular formula is C15H13ClN2O6S. The highest BCUT2D eigenvalue weighted by atomic mass is 35.5. The zero-order chi connectivity index (χ0) is 18.6. The first kappa shape index (κ1) is 18.8. The third-order valence-electron chi connectivity index (χ3n) is 3.28. The van der Waals surface area contributed by atoms with Crippen molar-refractivity contribution in [3.63, 3.8) is 0 Å². The molecule has 0 radical (unpaired) electrons. The fourth-order valence-corrected chi connectivity index (χ4v) is 3.48. The number of non-ortho nitro benzene ring substituents is 1. The molecule has 0 aliphatic carbocycles. The van der Waals surface area contributed by atoms with Crippen molar-refractivity contribution in [1.29, 1.82) is 0 Å². The summed E-state index contributed by atoms with van der Waals surface area (Å²) in [7, 11) is -4.16. The van der Waals surface area contributed by atoms with E-state index in [-0.39, 0.29) is 17.0 Å². The molecule has 10 heteroatoms. The van der Waals surface area contributed by atoms with E-state index in [2.05, 4.69) is 4.72 Å². The van der Waals surface area contributed by atoms with Crippen LogP contribution in [0.15, 0.2) is 53.4 Å². The van der Waals surface area contributed by atoms with Crippen LogP contribution in [0.1, 0.15) is 5.56 Å². The highest BCUT2D eigenvalue weighted by Crippen LogP contribution is 2.17. The molecule has 0 heterocycles. The molecule has 2 rings (SSSR count). The molecule has 0 fully saturated rings. The molecule has 0 saturated carbocycles. The number of sulfonamides is 1. The molecule has 1 unspecified atom stereocenters. The van der Waals surface area contributed by atoms with Gasteiger partial charge in [-0.05, 0) is 36.2 Å². The first-order chi connectivity index (χ1) is 11.7. The van der Waals surface area contributed by atoms with Crippen molar-refractivity contribution in [2.24, 2.45) is 0 Å². The minimum Gasteiger partial charge on any atom is -0.480 e. The summed E-state index contributed by atoms with van der Waals surface area (Å²) in [6.07, 6.45) is -0.109. The predicted octanol–water partition coefficient (Wildman–Crippen LogP) is 2.22. The highest BCUT2D eigenvalue weighted by molar-refractivity contribution is 7.89. The van der Waals surface area contributed by atoms with Gasteiger partial charge in [0.15, 0.2) is 0 Å². The number of halogens is 1. The first-order valence-corrected chi connectivity index (χ1v) is 8.79. The minimum atomic E-state index is -4.16. The zero-order valence-corrected chi connectivity index (χ0v) is 14.2. The van der Waals surface area contributed by atoms with Gasteiger partial charge in [0.2, 0.25) is 10.0 Å². The summed E-state index contributed by atoms with van der Waals surface area (Å²) in [5, 5.41) is 20.3. The van der Waals surface area contributed by atoms with Gasteiger partial charge in [0.05, 0.1) is 9.82 Å². The van der Waals surface area contributed by atoms with Gasteiger partial charge >= 0.3 is 5.97 Å². The fourth-order valence-electron chi connectivity index (χ4n) is 2.08. The van der Waals surface area contributed by atoms with Gasteiger partial charge < -0.3 is 5.11 Å². The van der Waals surface area contributed by atoms with Crippen LogP contribution in [0.3, 0.4) is 0 Å². The van der Waals surface area contributed by atoms with E-state index in [9.17, 15) is 28.4 Å². The summed E-state index contributed by atoms with van der Waals surface area (Å²) >= 11 is 5.84. The number of nitro benzene ring substituents is 1. The van der Waals surface area contributed by atoms with Gasteiger partial charge in [-0.3, -0.25) is 14.9 Å². The van der Waals surface area contributed by atoms with Crippen LogP contribution in [-0.4, -0.2) is 30.5 Å². The number of carboxylic acid groups (broad SMARTS) is 1. The SMILES string of the molecule is O=C(O)C(Cc1cccc(Cl)c1)NS(=O)(=O)c1ccc([N+](=O)[O-])cc1. The van der Waals surface area contributed by atoms with Crippen molar-refractivity contribution in [3.05, 3.63) is 69.2 Å². The number of hydrogen-bond donors (Lipinski definition) is 2. The number of nitro groups is 1. The molecule has 0 aliphatic rings. The number of nitrogens with zero attached hydrogens (tertiary/aromatic N) is 1. The maximum Gasteiger partial charge on any atom is 0.322 e. The van der Waals surface area contributed by atoms with Crippen LogP contribution in [-0.2, 0) is 21.2 Å². The van der Waals surface area contributed by atoms with E-state index in [0.29, 0.717) is 10.6 Å². The Labute approximate surface area is 148 Å². The zero-order valence-electron chi connectivity index (χ0n) is 12.6. The molecule has 2 aromatic carbocycles. The molecule has 0 spiro atoms. The molecule has 0 saturated heterocycles. The average molecular weight is 385 g/mol. The highest BCUT2D eigenvalue weighted by Gasteiger charge is 2.26. The van der Waals surface area contributed by atoms with Gasteiger partial charge in [0.1, 0.15) is 6.04 Å². The Kier molecular flexibility index (Phi) is 5.73. The van der Waals surface area contributed by atoms with E-state index in [1.165, 1.54) is 6.07 Å². The molecule has 8 nitrogen and oxygen atoms in total. The van der Waals surface area contributed by atoms with Gasteiger partial charge in [0.25, 0.3) is 5.69 Å². The third kappa shape index (κ3) is 4.99. The summed E-state index contributed by atoms with van der Waals surface area (Å²) in [6.45, 7) is 0. The maximum absolute atomic E-state index is 12.3. The van der Waals surface area contributed by atoms with E-state index in [1.54, 1.807) is 18.2 Å². The smallest absolute Gasteiger partial charge is 0.322 e. The van der Waals surface area contributed by atoms with E-state index in [1.807, 2.05) is 0 Å². The van der Waals surface area contributed by atoms with Crippen molar-refractivity contribution in [3.8, 4) is 0 Å². The third-order valence-corrected chi connectivity index (χ3v) is 5.00. The topological polar surface area (TPSA) is 127 Å². The molecule has 0 amide bonds. The Morgan fingerprint density at radius 2 is 1.88 bits per heavy atom. The summed E-state index contributed by atoms with van der Waals surface area (Å²) in [4.78, 5) is 21.1. The van der Waals surface area contributed by atoms with Crippen molar-refractivity contribution >= 4 is 33.3 Å². The second-order valence-corrected chi connectivity index (χ2v) is 7.25. The summed E-state index contributed by atoms with van der Waals surface area (Å²) in [5.74, 6) is -1.36. The quantitative estimate of drug-likeness (QED) is 0.556. The predicted molar refractivity (Wildman–Crippen MR) is 90.0 cm³/mol. The standard InChI is InChI=1S/C15H13ClN2O6S/c16-11-3-1-2-10(8-11)9-14(15(19)20)17-25(23,24)13-6-4-12(5-7-13)18(21)22/h1-8,14,17H,9H2,(H,19,20). The van der Waals surface area contributed by atoms with E-state index >= 15 is 0 Å².